The molecule has 0 fully saturated rings. The first kappa shape index (κ1) is 12.0. The number of Topliss-reactive ketones (excluding diaryl/α,β-unsaturated/α-hetero) is 1. The second-order valence-electron chi connectivity index (χ2n) is 4.09. The molecule has 15 heavy (non-hydrogen) atoms. The van der Waals surface area contributed by atoms with Gasteiger partial charge in [0.05, 0.1) is 0 Å². The molecule has 0 saturated heterocycles. The molecule has 1 rings (SSSR count). The predicted molar refractivity (Wildman–Crippen MR) is 59.9 cm³/mol. The number of ketones is 1. The summed E-state index contributed by atoms with van der Waals surface area (Å²) in [7, 11) is 0. The van der Waals surface area contributed by atoms with E-state index < -0.39 is 0 Å². The Kier molecular flexibility index (Phi) is 4.56. The van der Waals surface area contributed by atoms with E-state index in [-0.39, 0.29) is 18.3 Å². The van der Waals surface area contributed by atoms with E-state index in [1.165, 1.54) is 0 Å². The molecule has 0 unspecified atom stereocenters. The van der Waals surface area contributed by atoms with Crippen molar-refractivity contribution in [1.82, 2.24) is 4.57 Å². The van der Waals surface area contributed by atoms with Crippen LogP contribution in [0.3, 0.4) is 0 Å². The number of hydrogen-bond acceptors (Lipinski definition) is 2. The quantitative estimate of drug-likeness (QED) is 0.576. The van der Waals surface area contributed by atoms with Crippen LogP contribution in [-0.4, -0.2) is 22.1 Å². The van der Waals surface area contributed by atoms with Crippen LogP contribution in [0.5, 0.6) is 0 Å². The number of hydrogen-bond donors (Lipinski definition) is 1. The lowest BCUT2D eigenvalue weighted by Crippen LogP contribution is -2.06. The highest BCUT2D eigenvalue weighted by molar-refractivity contribution is 5.97. The SMILES string of the molecule is CC(C)C(=O)c1ccn(CCCCO)c1. The van der Waals surface area contributed by atoms with E-state index in [0.29, 0.717) is 0 Å². The van der Waals surface area contributed by atoms with Gasteiger partial charge in [-0.05, 0) is 18.9 Å². The van der Waals surface area contributed by atoms with Crippen molar-refractivity contribution in [2.24, 2.45) is 5.92 Å². The van der Waals surface area contributed by atoms with E-state index >= 15 is 0 Å². The van der Waals surface area contributed by atoms with Gasteiger partial charge in [0.1, 0.15) is 0 Å². The summed E-state index contributed by atoms with van der Waals surface area (Å²) in [6.07, 6.45) is 5.57. The van der Waals surface area contributed by atoms with E-state index in [1.54, 1.807) is 0 Å². The average molecular weight is 209 g/mol. The van der Waals surface area contributed by atoms with E-state index in [2.05, 4.69) is 0 Å². The second-order valence-corrected chi connectivity index (χ2v) is 4.09. The average Bonchev–Trinajstić information content (AvgIpc) is 2.65. The first-order valence-corrected chi connectivity index (χ1v) is 5.46. The first-order chi connectivity index (χ1) is 7.15. The van der Waals surface area contributed by atoms with E-state index in [9.17, 15) is 4.79 Å². The molecule has 0 spiro atoms. The third kappa shape index (κ3) is 3.51. The number of unbranched alkanes of at least 4 members (excludes halogenated alkanes) is 1. The van der Waals surface area contributed by atoms with Gasteiger partial charge in [-0.15, -0.1) is 0 Å². The summed E-state index contributed by atoms with van der Waals surface area (Å²) < 4.78 is 2.01. The van der Waals surface area contributed by atoms with Gasteiger partial charge in [0.15, 0.2) is 5.78 Å². The van der Waals surface area contributed by atoms with Gasteiger partial charge in [-0.2, -0.15) is 0 Å². The Hall–Kier alpha value is -1.09. The van der Waals surface area contributed by atoms with Gasteiger partial charge in [-0.1, -0.05) is 13.8 Å². The summed E-state index contributed by atoms with van der Waals surface area (Å²) in [5, 5.41) is 8.65. The van der Waals surface area contributed by atoms with Crippen LogP contribution in [0.25, 0.3) is 0 Å². The molecule has 0 aliphatic rings. The number of aromatic nitrogens is 1. The highest BCUT2D eigenvalue weighted by Crippen LogP contribution is 2.09. The number of aliphatic hydroxyl groups excluding tert-OH is 1. The Morgan fingerprint density at radius 3 is 2.80 bits per heavy atom. The number of aliphatic hydroxyl groups is 1. The van der Waals surface area contributed by atoms with Crippen LogP contribution >= 0.6 is 0 Å². The molecule has 0 bridgehead atoms. The maximum Gasteiger partial charge on any atom is 0.166 e. The summed E-state index contributed by atoms with van der Waals surface area (Å²) in [5.74, 6) is 0.245. The zero-order valence-corrected chi connectivity index (χ0v) is 9.44. The van der Waals surface area contributed by atoms with Crippen molar-refractivity contribution in [3.63, 3.8) is 0 Å². The molecule has 0 saturated carbocycles. The Morgan fingerprint density at radius 1 is 1.47 bits per heavy atom. The number of nitrogens with zero attached hydrogens (tertiary/aromatic N) is 1. The van der Waals surface area contributed by atoms with Crippen molar-refractivity contribution in [2.75, 3.05) is 6.61 Å². The van der Waals surface area contributed by atoms with Gasteiger partial charge >= 0.3 is 0 Å². The second kappa shape index (κ2) is 5.71. The van der Waals surface area contributed by atoms with Crippen molar-refractivity contribution in [1.29, 1.82) is 0 Å². The van der Waals surface area contributed by atoms with Crippen molar-refractivity contribution in [2.45, 2.75) is 33.2 Å². The Morgan fingerprint density at radius 2 is 2.20 bits per heavy atom. The molecule has 1 aromatic rings. The topological polar surface area (TPSA) is 42.2 Å². The molecule has 0 aliphatic carbocycles. The number of carbonyl (C=O) groups excluding carboxylic acids is 1. The highest BCUT2D eigenvalue weighted by atomic mass is 16.2. The fourth-order valence-electron chi connectivity index (χ4n) is 1.47. The summed E-state index contributed by atoms with van der Waals surface area (Å²) >= 11 is 0. The van der Waals surface area contributed by atoms with Gasteiger partial charge in [0.25, 0.3) is 0 Å². The van der Waals surface area contributed by atoms with Crippen LogP contribution in [-0.2, 0) is 6.54 Å². The number of aryl methyl sites for hydroxylation is 1. The van der Waals surface area contributed by atoms with Crippen LogP contribution in [0.2, 0.25) is 0 Å². The molecule has 0 aliphatic heterocycles. The van der Waals surface area contributed by atoms with Crippen molar-refractivity contribution < 1.29 is 9.90 Å². The van der Waals surface area contributed by atoms with E-state index in [1.807, 2.05) is 36.9 Å². The van der Waals surface area contributed by atoms with Crippen LogP contribution in [0.15, 0.2) is 18.5 Å². The van der Waals surface area contributed by atoms with Gasteiger partial charge in [-0.3, -0.25) is 4.79 Å². The van der Waals surface area contributed by atoms with Crippen LogP contribution < -0.4 is 0 Å². The van der Waals surface area contributed by atoms with Crippen LogP contribution in [0.4, 0.5) is 0 Å². The smallest absolute Gasteiger partial charge is 0.166 e. The Bertz CT molecular complexity index is 315. The molecule has 0 radical (unpaired) electrons. The molecule has 0 aromatic carbocycles. The predicted octanol–water partition coefficient (Wildman–Crippen LogP) is 2.10. The van der Waals surface area contributed by atoms with Crippen LogP contribution in [0.1, 0.15) is 37.0 Å². The minimum absolute atomic E-state index is 0.0540. The van der Waals surface area contributed by atoms with Gasteiger partial charge < -0.3 is 9.67 Å². The molecule has 84 valence electrons. The fraction of sp³-hybridized carbons (Fsp3) is 0.583. The van der Waals surface area contributed by atoms with Crippen molar-refractivity contribution in [3.8, 4) is 0 Å². The largest absolute Gasteiger partial charge is 0.396 e. The fourth-order valence-corrected chi connectivity index (χ4v) is 1.47. The van der Waals surface area contributed by atoms with E-state index in [4.69, 9.17) is 5.11 Å². The zero-order valence-electron chi connectivity index (χ0n) is 9.44. The monoisotopic (exact) mass is 209 g/mol. The molecule has 1 N–H and O–H groups in total. The molecule has 0 amide bonds. The maximum atomic E-state index is 11.6. The molecule has 3 nitrogen and oxygen atoms in total. The molecule has 1 aromatic heterocycles. The maximum absolute atomic E-state index is 11.6. The Balaban J connectivity index is 2.52. The normalized spacial score (nSPS) is 10.9. The van der Waals surface area contributed by atoms with Crippen molar-refractivity contribution >= 4 is 5.78 Å². The standard InChI is InChI=1S/C12H19NO2/c1-10(2)12(15)11-5-7-13(9-11)6-3-4-8-14/h5,7,9-10,14H,3-4,6,8H2,1-2H3. The third-order valence-electron chi connectivity index (χ3n) is 2.38. The molecule has 1 heterocycles. The summed E-state index contributed by atoms with van der Waals surface area (Å²) in [6.45, 7) is 4.92. The third-order valence-corrected chi connectivity index (χ3v) is 2.38. The minimum Gasteiger partial charge on any atom is -0.396 e. The van der Waals surface area contributed by atoms with Gasteiger partial charge in [-0.25, -0.2) is 0 Å². The van der Waals surface area contributed by atoms with Crippen molar-refractivity contribution in [3.05, 3.63) is 24.0 Å². The van der Waals surface area contributed by atoms with Gasteiger partial charge in [0.2, 0.25) is 0 Å². The number of carbonyl (C=O) groups is 1. The lowest BCUT2D eigenvalue weighted by molar-refractivity contribution is 0.0939. The summed E-state index contributed by atoms with van der Waals surface area (Å²) in [6, 6.07) is 1.86. The van der Waals surface area contributed by atoms with Gasteiger partial charge in [0, 0.05) is 37.0 Å². The number of rotatable bonds is 6. The van der Waals surface area contributed by atoms with Crippen LogP contribution in [0, 0.1) is 5.92 Å². The van der Waals surface area contributed by atoms with E-state index in [0.717, 1.165) is 24.9 Å². The molecular formula is C12H19NO2. The Labute approximate surface area is 90.7 Å². The zero-order chi connectivity index (χ0) is 11.3. The summed E-state index contributed by atoms with van der Waals surface area (Å²) in [5.41, 5.74) is 0.786. The minimum atomic E-state index is 0.0540. The molecule has 3 heteroatoms. The summed E-state index contributed by atoms with van der Waals surface area (Å²) in [4.78, 5) is 11.6. The highest BCUT2D eigenvalue weighted by Gasteiger charge is 2.11. The molecule has 0 atom stereocenters. The molecular weight excluding hydrogens is 190 g/mol. The lowest BCUT2D eigenvalue weighted by Gasteiger charge is -2.02. The lowest BCUT2D eigenvalue weighted by atomic mass is 10.0. The first-order valence-electron chi connectivity index (χ1n) is 5.46.